The highest BCUT2D eigenvalue weighted by Gasteiger charge is 2.36. The third-order valence-electron chi connectivity index (χ3n) is 5.12. The lowest BCUT2D eigenvalue weighted by Crippen LogP contribution is -2.36. The Balaban J connectivity index is 1.84. The summed E-state index contributed by atoms with van der Waals surface area (Å²) in [6, 6.07) is 3.59. The summed E-state index contributed by atoms with van der Waals surface area (Å²) in [4.78, 5) is 7.22. The molecule has 1 aromatic rings. The number of anilines is 1. The minimum Gasteiger partial charge on any atom is -0.368 e. The van der Waals surface area contributed by atoms with Crippen LogP contribution in [0.1, 0.15) is 57.2 Å². The molecule has 0 amide bonds. The van der Waals surface area contributed by atoms with E-state index >= 15 is 0 Å². The second-order valence-corrected chi connectivity index (χ2v) is 7.08. The summed E-state index contributed by atoms with van der Waals surface area (Å²) in [5.41, 5.74) is 3.93. The Morgan fingerprint density at radius 1 is 1.29 bits per heavy atom. The Morgan fingerprint density at radius 3 is 2.90 bits per heavy atom. The molecule has 21 heavy (non-hydrogen) atoms. The molecule has 0 spiro atoms. The molecular weight excluding hydrogens is 258 g/mol. The van der Waals surface area contributed by atoms with Crippen molar-refractivity contribution in [3.63, 3.8) is 0 Å². The van der Waals surface area contributed by atoms with Crippen LogP contribution in [0.4, 0.5) is 5.69 Å². The van der Waals surface area contributed by atoms with Gasteiger partial charge in [0.05, 0.1) is 0 Å². The van der Waals surface area contributed by atoms with Crippen molar-refractivity contribution in [3.05, 3.63) is 23.5 Å². The lowest BCUT2D eigenvalue weighted by atomic mass is 9.85. The molecule has 0 radical (unpaired) electrons. The van der Waals surface area contributed by atoms with Crippen LogP contribution >= 0.6 is 0 Å². The van der Waals surface area contributed by atoms with Crippen molar-refractivity contribution in [2.45, 2.75) is 71.5 Å². The van der Waals surface area contributed by atoms with Gasteiger partial charge in [0, 0.05) is 48.3 Å². The molecule has 2 unspecified atom stereocenters. The van der Waals surface area contributed by atoms with Gasteiger partial charge in [-0.2, -0.15) is 0 Å². The first-order valence-corrected chi connectivity index (χ1v) is 8.60. The van der Waals surface area contributed by atoms with E-state index in [1.165, 1.54) is 49.9 Å². The molecular formula is C18H29N3. The zero-order valence-corrected chi connectivity index (χ0v) is 13.7. The number of nitrogens with one attached hydrogen (secondary N) is 1. The summed E-state index contributed by atoms with van der Waals surface area (Å²) >= 11 is 0. The molecule has 0 aromatic carbocycles. The molecule has 1 saturated carbocycles. The second-order valence-electron chi connectivity index (χ2n) is 7.08. The molecule has 1 aliphatic carbocycles. The van der Waals surface area contributed by atoms with Crippen molar-refractivity contribution in [1.82, 2.24) is 10.3 Å². The van der Waals surface area contributed by atoms with Crippen molar-refractivity contribution in [2.75, 3.05) is 11.4 Å². The Bertz CT molecular complexity index is 483. The van der Waals surface area contributed by atoms with Crippen LogP contribution in [0.5, 0.6) is 0 Å². The van der Waals surface area contributed by atoms with Crippen LogP contribution in [-0.2, 0) is 6.54 Å². The summed E-state index contributed by atoms with van der Waals surface area (Å²) in [5, 5.41) is 3.55. The summed E-state index contributed by atoms with van der Waals surface area (Å²) in [6.07, 6.45) is 9.11. The van der Waals surface area contributed by atoms with E-state index in [1.807, 2.05) is 0 Å². The maximum atomic E-state index is 4.53. The smallest absolute Gasteiger partial charge is 0.0448 e. The van der Waals surface area contributed by atoms with E-state index in [-0.39, 0.29) is 0 Å². The normalized spacial score (nSPS) is 25.4. The van der Waals surface area contributed by atoms with Crippen molar-refractivity contribution in [2.24, 2.45) is 5.92 Å². The summed E-state index contributed by atoms with van der Waals surface area (Å²) < 4.78 is 0. The first kappa shape index (κ1) is 14.8. The Hall–Kier alpha value is -1.09. The van der Waals surface area contributed by atoms with Gasteiger partial charge in [0.15, 0.2) is 0 Å². The molecule has 1 aliphatic heterocycles. The largest absolute Gasteiger partial charge is 0.368 e. The number of rotatable bonds is 4. The third-order valence-corrected chi connectivity index (χ3v) is 5.12. The van der Waals surface area contributed by atoms with E-state index in [0.717, 1.165) is 24.2 Å². The van der Waals surface area contributed by atoms with Crippen LogP contribution in [0.3, 0.4) is 0 Å². The molecule has 1 saturated heterocycles. The number of pyridine rings is 1. The van der Waals surface area contributed by atoms with Crippen LogP contribution in [0.15, 0.2) is 12.3 Å². The van der Waals surface area contributed by atoms with Gasteiger partial charge in [0.2, 0.25) is 0 Å². The zero-order chi connectivity index (χ0) is 14.8. The molecule has 3 rings (SSSR count). The first-order chi connectivity index (χ1) is 10.1. The number of aromatic nitrogens is 1. The van der Waals surface area contributed by atoms with Crippen LogP contribution < -0.4 is 10.2 Å². The zero-order valence-electron chi connectivity index (χ0n) is 13.7. The van der Waals surface area contributed by atoms with Crippen molar-refractivity contribution >= 4 is 5.69 Å². The van der Waals surface area contributed by atoms with E-state index in [9.17, 15) is 0 Å². The molecule has 3 nitrogen and oxygen atoms in total. The molecule has 0 bridgehead atoms. The Morgan fingerprint density at radius 2 is 2.10 bits per heavy atom. The molecule has 1 N–H and O–H groups in total. The number of nitrogens with zero attached hydrogens (tertiary/aromatic N) is 2. The fraction of sp³-hybridized carbons (Fsp3) is 0.722. The first-order valence-electron chi connectivity index (χ1n) is 8.60. The van der Waals surface area contributed by atoms with Crippen LogP contribution in [0, 0.1) is 12.8 Å². The molecule has 116 valence electrons. The number of aryl methyl sites for hydroxylation is 1. The predicted octanol–water partition coefficient (Wildman–Crippen LogP) is 3.66. The highest BCUT2D eigenvalue weighted by atomic mass is 15.2. The molecule has 2 heterocycles. The average Bonchev–Trinajstić information content (AvgIpc) is 2.89. The van der Waals surface area contributed by atoms with Crippen molar-refractivity contribution < 1.29 is 0 Å². The minimum atomic E-state index is 0.514. The fourth-order valence-electron chi connectivity index (χ4n) is 4.00. The SMILES string of the molecule is Cc1cc(N2CCC3CCCCC32)c(CNC(C)C)cn1. The van der Waals surface area contributed by atoms with Gasteiger partial charge in [0.25, 0.3) is 0 Å². The van der Waals surface area contributed by atoms with E-state index in [0.29, 0.717) is 6.04 Å². The fourth-order valence-corrected chi connectivity index (χ4v) is 4.00. The maximum absolute atomic E-state index is 4.53. The van der Waals surface area contributed by atoms with Crippen molar-refractivity contribution in [3.8, 4) is 0 Å². The summed E-state index contributed by atoms with van der Waals surface area (Å²) in [7, 11) is 0. The standard InChI is InChI=1S/C18H29N3/c1-13(2)19-11-16-12-20-14(3)10-18(16)21-9-8-15-6-4-5-7-17(15)21/h10,12-13,15,17,19H,4-9,11H2,1-3H3. The van der Waals surface area contributed by atoms with Gasteiger partial charge < -0.3 is 10.2 Å². The van der Waals surface area contributed by atoms with E-state index < -0.39 is 0 Å². The Labute approximate surface area is 129 Å². The monoisotopic (exact) mass is 287 g/mol. The van der Waals surface area contributed by atoms with E-state index in [1.54, 1.807) is 0 Å². The topological polar surface area (TPSA) is 28.2 Å². The van der Waals surface area contributed by atoms with Gasteiger partial charge in [-0.25, -0.2) is 0 Å². The summed E-state index contributed by atoms with van der Waals surface area (Å²) in [6.45, 7) is 8.67. The highest BCUT2D eigenvalue weighted by molar-refractivity contribution is 5.55. The second kappa shape index (κ2) is 6.35. The third kappa shape index (κ3) is 3.23. The van der Waals surface area contributed by atoms with Crippen LogP contribution in [-0.4, -0.2) is 23.6 Å². The molecule has 3 heteroatoms. The predicted molar refractivity (Wildman–Crippen MR) is 88.7 cm³/mol. The number of hydrogen-bond acceptors (Lipinski definition) is 3. The highest BCUT2D eigenvalue weighted by Crippen LogP contribution is 2.39. The number of hydrogen-bond donors (Lipinski definition) is 1. The van der Waals surface area contributed by atoms with Gasteiger partial charge in [-0.15, -0.1) is 0 Å². The summed E-state index contributed by atoms with van der Waals surface area (Å²) in [5.74, 6) is 0.929. The lowest BCUT2D eigenvalue weighted by molar-refractivity contribution is 0.342. The number of fused-ring (bicyclic) bond motifs is 1. The van der Waals surface area contributed by atoms with Gasteiger partial charge >= 0.3 is 0 Å². The molecule has 2 aliphatic rings. The van der Waals surface area contributed by atoms with E-state index in [2.05, 4.69) is 48.2 Å². The lowest BCUT2D eigenvalue weighted by Gasteiger charge is -2.34. The Kier molecular flexibility index (Phi) is 4.48. The van der Waals surface area contributed by atoms with Gasteiger partial charge in [-0.1, -0.05) is 26.7 Å². The maximum Gasteiger partial charge on any atom is 0.0448 e. The van der Waals surface area contributed by atoms with Crippen LogP contribution in [0.25, 0.3) is 0 Å². The molecule has 1 aromatic heterocycles. The molecule has 2 fully saturated rings. The van der Waals surface area contributed by atoms with Crippen molar-refractivity contribution in [1.29, 1.82) is 0 Å². The minimum absolute atomic E-state index is 0.514. The van der Waals surface area contributed by atoms with Gasteiger partial charge in [-0.05, 0) is 38.2 Å². The van der Waals surface area contributed by atoms with Gasteiger partial charge in [-0.3, -0.25) is 4.98 Å². The van der Waals surface area contributed by atoms with Gasteiger partial charge in [0.1, 0.15) is 0 Å². The molecule has 2 atom stereocenters. The van der Waals surface area contributed by atoms with Crippen LogP contribution in [0.2, 0.25) is 0 Å². The van der Waals surface area contributed by atoms with E-state index in [4.69, 9.17) is 0 Å². The average molecular weight is 287 g/mol. The quantitative estimate of drug-likeness (QED) is 0.916.